The highest BCUT2D eigenvalue weighted by Crippen LogP contribution is 2.59. The lowest BCUT2D eigenvalue weighted by Crippen LogP contribution is -2.34. The van der Waals surface area contributed by atoms with Gasteiger partial charge in [0.2, 0.25) is 0 Å². The minimum absolute atomic E-state index is 0.0205. The van der Waals surface area contributed by atoms with Crippen molar-refractivity contribution < 1.29 is 17.9 Å². The molecule has 0 aromatic rings. The lowest BCUT2D eigenvalue weighted by molar-refractivity contribution is -0.357. The number of rotatable bonds is 1. The maximum atomic E-state index is 12.1. The second-order valence-corrected chi connectivity index (χ2v) is 4.43. The minimum Gasteiger partial charge on any atom is -0.284 e. The van der Waals surface area contributed by atoms with Crippen molar-refractivity contribution in [1.29, 1.82) is 0 Å². The number of fused-ring (bicyclic) bond motifs is 1. The lowest BCUT2D eigenvalue weighted by atomic mass is 9.88. The quantitative estimate of drug-likeness (QED) is 0.598. The molecule has 0 aromatic carbocycles. The van der Waals surface area contributed by atoms with Gasteiger partial charge in [-0.1, -0.05) is 18.6 Å². The number of allylic oxidation sites excluding steroid dienone is 1. The second-order valence-electron chi connectivity index (χ2n) is 4.43. The van der Waals surface area contributed by atoms with E-state index in [1.54, 1.807) is 0 Å². The molecule has 1 nitrogen and oxygen atoms in total. The van der Waals surface area contributed by atoms with Crippen LogP contribution in [0.25, 0.3) is 0 Å². The molecule has 14 heavy (non-hydrogen) atoms. The van der Waals surface area contributed by atoms with E-state index >= 15 is 0 Å². The van der Waals surface area contributed by atoms with E-state index in [-0.39, 0.29) is 11.8 Å². The molecule has 0 bridgehead atoms. The molecule has 0 amide bonds. The Bertz CT molecular complexity index is 282. The van der Waals surface area contributed by atoms with E-state index in [0.29, 0.717) is 12.8 Å². The maximum Gasteiger partial charge on any atom is 0.523 e. The van der Waals surface area contributed by atoms with Crippen LogP contribution in [-0.2, 0) is 4.74 Å². The van der Waals surface area contributed by atoms with Crippen LogP contribution in [0.1, 0.15) is 26.7 Å². The summed E-state index contributed by atoms with van der Waals surface area (Å²) in [6, 6.07) is 0. The Morgan fingerprint density at radius 3 is 2.64 bits per heavy atom. The molecule has 2 aliphatic carbocycles. The molecule has 3 atom stereocenters. The molecule has 0 aromatic heterocycles. The van der Waals surface area contributed by atoms with Crippen LogP contribution in [0, 0.1) is 11.8 Å². The van der Waals surface area contributed by atoms with E-state index in [1.165, 1.54) is 5.57 Å². The molecule has 0 unspecified atom stereocenters. The molecule has 0 spiro atoms. The van der Waals surface area contributed by atoms with Crippen LogP contribution < -0.4 is 0 Å². The van der Waals surface area contributed by atoms with E-state index < -0.39 is 12.0 Å². The van der Waals surface area contributed by atoms with Crippen LogP contribution in [0.4, 0.5) is 13.2 Å². The van der Waals surface area contributed by atoms with Crippen molar-refractivity contribution in [2.45, 2.75) is 38.7 Å². The Kier molecular flexibility index (Phi) is 1.97. The fourth-order valence-corrected chi connectivity index (χ4v) is 2.55. The lowest BCUT2D eigenvalue weighted by Gasteiger charge is -2.29. The third-order valence-corrected chi connectivity index (χ3v) is 3.26. The molecule has 2 rings (SSSR count). The third-order valence-electron chi connectivity index (χ3n) is 3.26. The first-order valence-electron chi connectivity index (χ1n) is 4.78. The zero-order valence-electron chi connectivity index (χ0n) is 8.19. The zero-order valence-corrected chi connectivity index (χ0v) is 8.19. The maximum absolute atomic E-state index is 12.1. The van der Waals surface area contributed by atoms with Gasteiger partial charge in [0.15, 0.2) is 0 Å². The molecule has 2 aliphatic rings. The largest absolute Gasteiger partial charge is 0.523 e. The summed E-state index contributed by atoms with van der Waals surface area (Å²) in [5.74, 6) is -0.0491. The molecule has 80 valence electrons. The Morgan fingerprint density at radius 2 is 2.14 bits per heavy atom. The van der Waals surface area contributed by atoms with Gasteiger partial charge < -0.3 is 0 Å². The Morgan fingerprint density at radius 1 is 1.50 bits per heavy atom. The summed E-state index contributed by atoms with van der Waals surface area (Å²) in [6.07, 6.45) is -1.34. The second kappa shape index (κ2) is 2.75. The topological polar surface area (TPSA) is 9.23 Å². The van der Waals surface area contributed by atoms with E-state index in [9.17, 15) is 13.2 Å². The Hall–Kier alpha value is -0.510. The first kappa shape index (κ1) is 10.0. The molecule has 0 saturated heterocycles. The number of hydrogen-bond acceptors (Lipinski definition) is 1. The first-order valence-corrected chi connectivity index (χ1v) is 4.78. The highest BCUT2D eigenvalue weighted by molar-refractivity contribution is 5.25. The van der Waals surface area contributed by atoms with Gasteiger partial charge in [0.25, 0.3) is 0 Å². The van der Waals surface area contributed by atoms with Crippen LogP contribution >= 0.6 is 0 Å². The van der Waals surface area contributed by atoms with Gasteiger partial charge in [-0.3, -0.25) is 4.74 Å². The van der Waals surface area contributed by atoms with Gasteiger partial charge in [-0.05, 0) is 25.7 Å². The first-order chi connectivity index (χ1) is 6.33. The molecule has 0 N–H and O–H groups in total. The van der Waals surface area contributed by atoms with Crippen LogP contribution in [0.15, 0.2) is 11.6 Å². The average molecular weight is 206 g/mol. The van der Waals surface area contributed by atoms with Gasteiger partial charge in [0.1, 0.15) is 0 Å². The Balaban J connectivity index is 2.14. The number of halogens is 3. The van der Waals surface area contributed by atoms with Crippen LogP contribution in [0.3, 0.4) is 0 Å². The summed E-state index contributed by atoms with van der Waals surface area (Å²) >= 11 is 0. The van der Waals surface area contributed by atoms with E-state index in [2.05, 4.69) is 4.74 Å². The Labute approximate surface area is 80.9 Å². The summed E-state index contributed by atoms with van der Waals surface area (Å²) in [6.45, 7) is 3.80. The highest BCUT2D eigenvalue weighted by atomic mass is 19.4. The van der Waals surface area contributed by atoms with Gasteiger partial charge in [-0.25, -0.2) is 0 Å². The van der Waals surface area contributed by atoms with Gasteiger partial charge in [-0.15, -0.1) is 13.2 Å². The summed E-state index contributed by atoms with van der Waals surface area (Å²) < 4.78 is 40.7. The van der Waals surface area contributed by atoms with Gasteiger partial charge in [0, 0.05) is 5.92 Å². The van der Waals surface area contributed by atoms with Crippen molar-refractivity contribution in [3.63, 3.8) is 0 Å². The van der Waals surface area contributed by atoms with Crippen molar-refractivity contribution in [3.05, 3.63) is 11.6 Å². The summed E-state index contributed by atoms with van der Waals surface area (Å²) in [5.41, 5.74) is 0.249. The predicted octanol–water partition coefficient (Wildman–Crippen LogP) is 3.27. The molecule has 1 fully saturated rings. The third kappa shape index (κ3) is 1.56. The van der Waals surface area contributed by atoms with Crippen LogP contribution in [-0.4, -0.2) is 12.0 Å². The highest BCUT2D eigenvalue weighted by Gasteiger charge is 2.63. The van der Waals surface area contributed by atoms with Crippen molar-refractivity contribution in [1.82, 2.24) is 0 Å². The SMILES string of the molecule is CC1=C[C@H]2C[C@]2(OC(F)(F)F)[C@H](C)C1. The van der Waals surface area contributed by atoms with Crippen LogP contribution in [0.2, 0.25) is 0 Å². The number of alkyl halides is 3. The molecule has 0 radical (unpaired) electrons. The van der Waals surface area contributed by atoms with E-state index in [1.807, 2.05) is 19.9 Å². The summed E-state index contributed by atoms with van der Waals surface area (Å²) in [4.78, 5) is 0. The normalized spacial score (nSPS) is 41.6. The van der Waals surface area contributed by atoms with Crippen molar-refractivity contribution >= 4 is 0 Å². The van der Waals surface area contributed by atoms with Crippen LogP contribution in [0.5, 0.6) is 0 Å². The monoisotopic (exact) mass is 206 g/mol. The van der Waals surface area contributed by atoms with Gasteiger partial charge in [0.05, 0.1) is 5.60 Å². The summed E-state index contributed by atoms with van der Waals surface area (Å²) in [5, 5.41) is 0. The fraction of sp³-hybridized carbons (Fsp3) is 0.800. The van der Waals surface area contributed by atoms with Gasteiger partial charge >= 0.3 is 6.36 Å². The standard InChI is InChI=1S/C10H13F3O/c1-6-3-7(2)9(5-8(9)4-6)14-10(11,12)13/h4,7-8H,3,5H2,1-2H3/t7-,8+,9+/m1/s1. The minimum atomic E-state index is -4.50. The predicted molar refractivity (Wildman–Crippen MR) is 45.5 cm³/mol. The average Bonchev–Trinajstić information content (AvgIpc) is 2.58. The fourth-order valence-electron chi connectivity index (χ4n) is 2.55. The molecular formula is C10H13F3O. The van der Waals surface area contributed by atoms with Gasteiger partial charge in [-0.2, -0.15) is 0 Å². The smallest absolute Gasteiger partial charge is 0.284 e. The van der Waals surface area contributed by atoms with E-state index in [0.717, 1.165) is 0 Å². The molecule has 1 saturated carbocycles. The number of ether oxygens (including phenoxy) is 1. The molecule has 0 heterocycles. The molecular weight excluding hydrogens is 193 g/mol. The van der Waals surface area contributed by atoms with Crippen molar-refractivity contribution in [2.24, 2.45) is 11.8 Å². The molecule has 4 heteroatoms. The number of hydrogen-bond donors (Lipinski definition) is 0. The zero-order chi connectivity index (χ0) is 10.6. The summed E-state index contributed by atoms with van der Waals surface area (Å²) in [7, 11) is 0. The molecule has 0 aliphatic heterocycles. The van der Waals surface area contributed by atoms with E-state index in [4.69, 9.17) is 0 Å². The van der Waals surface area contributed by atoms with Crippen molar-refractivity contribution in [3.8, 4) is 0 Å². The van der Waals surface area contributed by atoms with Crippen molar-refractivity contribution in [2.75, 3.05) is 0 Å².